The van der Waals surface area contributed by atoms with Crippen LogP contribution < -0.4 is 10.6 Å². The second-order valence-electron chi connectivity index (χ2n) is 5.90. The van der Waals surface area contributed by atoms with Gasteiger partial charge < -0.3 is 10.6 Å². The highest BCUT2D eigenvalue weighted by Gasteiger charge is 2.13. The molecule has 2 N–H and O–H groups in total. The van der Waals surface area contributed by atoms with Crippen molar-refractivity contribution >= 4 is 5.91 Å². The maximum Gasteiger partial charge on any atom is 0.233 e. The summed E-state index contributed by atoms with van der Waals surface area (Å²) in [6, 6.07) is 8.39. The van der Waals surface area contributed by atoms with Crippen molar-refractivity contribution in [2.75, 3.05) is 13.1 Å². The van der Waals surface area contributed by atoms with Crippen molar-refractivity contribution in [1.29, 1.82) is 0 Å². The zero-order chi connectivity index (χ0) is 14.2. The predicted molar refractivity (Wildman–Crippen MR) is 82.5 cm³/mol. The Morgan fingerprint density at radius 3 is 2.55 bits per heavy atom. The van der Waals surface area contributed by atoms with Gasteiger partial charge in [0.25, 0.3) is 0 Å². The Morgan fingerprint density at radius 2 is 1.85 bits per heavy atom. The zero-order valence-electron chi connectivity index (χ0n) is 12.5. The van der Waals surface area contributed by atoms with Gasteiger partial charge >= 0.3 is 0 Å². The van der Waals surface area contributed by atoms with Crippen molar-refractivity contribution in [2.24, 2.45) is 5.92 Å². The number of amides is 1. The molecule has 1 aliphatic carbocycles. The maximum atomic E-state index is 11.8. The lowest BCUT2D eigenvalue weighted by atomic mass is 9.89. The highest BCUT2D eigenvalue weighted by Crippen LogP contribution is 2.22. The predicted octanol–water partition coefficient (Wildman–Crippen LogP) is 2.78. The number of carbonyl (C=O) groups excluding carboxylic acids is 1. The first-order valence-corrected chi connectivity index (χ1v) is 7.77. The van der Waals surface area contributed by atoms with E-state index in [1.54, 1.807) is 0 Å². The summed E-state index contributed by atoms with van der Waals surface area (Å²) in [5.74, 6) is 0.812. The summed E-state index contributed by atoms with van der Waals surface area (Å²) in [7, 11) is 0. The van der Waals surface area contributed by atoms with Crippen molar-refractivity contribution in [3.05, 3.63) is 35.4 Å². The molecule has 1 aliphatic rings. The Bertz CT molecular complexity index is 408. The van der Waals surface area contributed by atoms with Crippen LogP contribution in [0.4, 0.5) is 0 Å². The Balaban J connectivity index is 1.58. The van der Waals surface area contributed by atoms with E-state index in [1.807, 2.05) is 0 Å². The molecule has 3 nitrogen and oxygen atoms in total. The van der Waals surface area contributed by atoms with Crippen LogP contribution in [0.3, 0.4) is 0 Å². The fourth-order valence-electron chi connectivity index (χ4n) is 2.74. The van der Waals surface area contributed by atoms with E-state index < -0.39 is 0 Å². The van der Waals surface area contributed by atoms with Gasteiger partial charge in [-0.15, -0.1) is 0 Å². The lowest BCUT2D eigenvalue weighted by Gasteiger charge is -2.21. The van der Waals surface area contributed by atoms with E-state index in [2.05, 4.69) is 41.8 Å². The summed E-state index contributed by atoms with van der Waals surface area (Å²) in [4.78, 5) is 11.8. The minimum absolute atomic E-state index is 0.114. The van der Waals surface area contributed by atoms with Crippen LogP contribution in [0.1, 0.15) is 43.2 Å². The highest BCUT2D eigenvalue weighted by molar-refractivity contribution is 5.77. The molecule has 0 bridgehead atoms. The van der Waals surface area contributed by atoms with Crippen molar-refractivity contribution in [2.45, 2.75) is 45.6 Å². The molecule has 0 heterocycles. The van der Waals surface area contributed by atoms with E-state index in [1.165, 1.54) is 43.2 Å². The van der Waals surface area contributed by atoms with Crippen LogP contribution in [-0.2, 0) is 11.3 Å². The molecule has 0 aromatic heterocycles. The van der Waals surface area contributed by atoms with Gasteiger partial charge in [0, 0.05) is 13.1 Å². The molecular weight excluding hydrogens is 248 g/mol. The summed E-state index contributed by atoms with van der Waals surface area (Å²) < 4.78 is 0. The molecule has 0 radical (unpaired) electrons. The molecule has 0 spiro atoms. The molecule has 1 aromatic rings. The Kier molecular flexibility index (Phi) is 6.06. The summed E-state index contributed by atoms with van der Waals surface area (Å²) in [6.45, 7) is 4.08. The number of aryl methyl sites for hydroxylation is 1. The van der Waals surface area contributed by atoms with Crippen molar-refractivity contribution in [3.63, 3.8) is 0 Å². The summed E-state index contributed by atoms with van der Waals surface area (Å²) in [5, 5.41) is 6.24. The first-order chi connectivity index (χ1) is 9.74. The van der Waals surface area contributed by atoms with E-state index >= 15 is 0 Å². The molecule has 1 fully saturated rings. The lowest BCUT2D eigenvalue weighted by molar-refractivity contribution is -0.120. The van der Waals surface area contributed by atoms with Crippen molar-refractivity contribution in [3.8, 4) is 0 Å². The average molecular weight is 274 g/mol. The minimum atomic E-state index is 0.114. The summed E-state index contributed by atoms with van der Waals surface area (Å²) >= 11 is 0. The van der Waals surface area contributed by atoms with E-state index in [9.17, 15) is 4.79 Å². The number of nitrogens with one attached hydrogen (secondary N) is 2. The zero-order valence-corrected chi connectivity index (χ0v) is 12.5. The molecule has 0 aliphatic heterocycles. The monoisotopic (exact) mass is 274 g/mol. The first-order valence-electron chi connectivity index (χ1n) is 7.77. The van der Waals surface area contributed by atoms with Gasteiger partial charge in [-0.2, -0.15) is 0 Å². The van der Waals surface area contributed by atoms with Gasteiger partial charge in [0.15, 0.2) is 0 Å². The number of hydrogen-bond acceptors (Lipinski definition) is 2. The average Bonchev–Trinajstić information content (AvgIpc) is 2.48. The topological polar surface area (TPSA) is 41.1 Å². The van der Waals surface area contributed by atoms with E-state index in [4.69, 9.17) is 0 Å². The molecule has 1 saturated carbocycles. The number of carbonyl (C=O) groups is 1. The van der Waals surface area contributed by atoms with Gasteiger partial charge in [-0.1, -0.05) is 49.1 Å². The second kappa shape index (κ2) is 8.05. The number of rotatable bonds is 6. The molecule has 0 unspecified atom stereocenters. The van der Waals surface area contributed by atoms with Crippen LogP contribution >= 0.6 is 0 Å². The van der Waals surface area contributed by atoms with E-state index in [0.29, 0.717) is 12.5 Å². The Morgan fingerprint density at radius 1 is 1.15 bits per heavy atom. The lowest BCUT2D eigenvalue weighted by Crippen LogP contribution is -2.36. The third-order valence-corrected chi connectivity index (χ3v) is 4.05. The van der Waals surface area contributed by atoms with Gasteiger partial charge in [-0.25, -0.2) is 0 Å². The summed E-state index contributed by atoms with van der Waals surface area (Å²) in [6.07, 6.45) is 6.56. The Labute approximate surface area is 122 Å². The SMILES string of the molecule is Cc1ccc(CNCC(=O)NCC2CCCCC2)cc1. The Hall–Kier alpha value is -1.35. The molecule has 2 rings (SSSR count). The van der Waals surface area contributed by atoms with Gasteiger partial charge in [-0.05, 0) is 31.2 Å². The molecule has 110 valence electrons. The maximum absolute atomic E-state index is 11.8. The van der Waals surface area contributed by atoms with Gasteiger partial charge in [0.1, 0.15) is 0 Å². The number of benzene rings is 1. The van der Waals surface area contributed by atoms with Crippen molar-refractivity contribution in [1.82, 2.24) is 10.6 Å². The van der Waals surface area contributed by atoms with E-state index in [-0.39, 0.29) is 5.91 Å². The standard InChI is InChI=1S/C17H26N2O/c1-14-7-9-16(10-8-14)11-18-13-17(20)19-12-15-5-3-2-4-6-15/h7-10,15,18H,2-6,11-13H2,1H3,(H,19,20). The third kappa shape index (κ3) is 5.33. The molecule has 20 heavy (non-hydrogen) atoms. The fourth-order valence-corrected chi connectivity index (χ4v) is 2.74. The van der Waals surface area contributed by atoms with Crippen LogP contribution in [-0.4, -0.2) is 19.0 Å². The van der Waals surface area contributed by atoms with Crippen LogP contribution in [0.25, 0.3) is 0 Å². The smallest absolute Gasteiger partial charge is 0.233 e. The third-order valence-electron chi connectivity index (χ3n) is 4.05. The van der Waals surface area contributed by atoms with Crippen LogP contribution in [0.15, 0.2) is 24.3 Å². The van der Waals surface area contributed by atoms with Crippen LogP contribution in [0.2, 0.25) is 0 Å². The molecule has 3 heteroatoms. The molecule has 1 aromatic carbocycles. The highest BCUT2D eigenvalue weighted by atomic mass is 16.1. The first kappa shape index (κ1) is 15.0. The second-order valence-corrected chi connectivity index (χ2v) is 5.90. The fraction of sp³-hybridized carbons (Fsp3) is 0.588. The normalized spacial score (nSPS) is 16.1. The van der Waals surface area contributed by atoms with Gasteiger partial charge in [-0.3, -0.25) is 4.79 Å². The van der Waals surface area contributed by atoms with Crippen LogP contribution in [0.5, 0.6) is 0 Å². The van der Waals surface area contributed by atoms with Crippen LogP contribution in [0, 0.1) is 12.8 Å². The quantitative estimate of drug-likeness (QED) is 0.837. The summed E-state index contributed by atoms with van der Waals surface area (Å²) in [5.41, 5.74) is 2.48. The number of hydrogen-bond donors (Lipinski definition) is 2. The largest absolute Gasteiger partial charge is 0.355 e. The van der Waals surface area contributed by atoms with Crippen molar-refractivity contribution < 1.29 is 4.79 Å². The molecular formula is C17H26N2O. The minimum Gasteiger partial charge on any atom is -0.355 e. The van der Waals surface area contributed by atoms with Gasteiger partial charge in [0.05, 0.1) is 6.54 Å². The molecule has 0 saturated heterocycles. The van der Waals surface area contributed by atoms with E-state index in [0.717, 1.165) is 13.1 Å². The molecule has 1 amide bonds. The molecule has 0 atom stereocenters. The van der Waals surface area contributed by atoms with Gasteiger partial charge in [0.2, 0.25) is 5.91 Å².